The van der Waals surface area contributed by atoms with Crippen LogP contribution in [0.2, 0.25) is 0 Å². The molecule has 0 aromatic heterocycles. The Bertz CT molecular complexity index is 280. The minimum absolute atomic E-state index is 0.476. The molecular formula is C17H33N3. The van der Waals surface area contributed by atoms with E-state index < -0.39 is 0 Å². The lowest BCUT2D eigenvalue weighted by Crippen LogP contribution is -2.49. The van der Waals surface area contributed by atoms with Gasteiger partial charge in [-0.2, -0.15) is 0 Å². The average molecular weight is 279 g/mol. The number of likely N-dealkylation sites (tertiary alicyclic amines) is 2. The van der Waals surface area contributed by atoms with Crippen LogP contribution in [0.15, 0.2) is 0 Å². The molecule has 1 saturated carbocycles. The van der Waals surface area contributed by atoms with Gasteiger partial charge in [-0.3, -0.25) is 0 Å². The quantitative estimate of drug-likeness (QED) is 0.861. The number of nitrogens with two attached hydrogens (primary N) is 1. The summed E-state index contributed by atoms with van der Waals surface area (Å²) in [6.07, 6.45) is 12.5. The van der Waals surface area contributed by atoms with Gasteiger partial charge in [-0.15, -0.1) is 0 Å². The summed E-state index contributed by atoms with van der Waals surface area (Å²) in [7, 11) is 0. The largest absolute Gasteiger partial charge is 0.327 e. The zero-order valence-corrected chi connectivity index (χ0v) is 13.1. The highest BCUT2D eigenvalue weighted by atomic mass is 15.2. The summed E-state index contributed by atoms with van der Waals surface area (Å²) >= 11 is 0. The van der Waals surface area contributed by atoms with E-state index >= 15 is 0 Å². The van der Waals surface area contributed by atoms with Crippen LogP contribution in [0.25, 0.3) is 0 Å². The van der Waals surface area contributed by atoms with Crippen LogP contribution in [-0.4, -0.2) is 54.6 Å². The van der Waals surface area contributed by atoms with E-state index in [0.717, 1.165) is 12.0 Å². The van der Waals surface area contributed by atoms with Crippen molar-refractivity contribution in [2.45, 2.75) is 69.9 Å². The van der Waals surface area contributed by atoms with E-state index in [1.165, 1.54) is 90.5 Å². The molecule has 0 spiro atoms. The Labute approximate surface area is 124 Å². The predicted octanol–water partition coefficient (Wildman–Crippen LogP) is 2.45. The fourth-order valence-electron chi connectivity index (χ4n) is 4.55. The van der Waals surface area contributed by atoms with E-state index in [1.54, 1.807) is 0 Å². The molecule has 2 N–H and O–H groups in total. The molecule has 3 nitrogen and oxygen atoms in total. The minimum Gasteiger partial charge on any atom is -0.327 e. The second-order valence-electron chi connectivity index (χ2n) is 7.34. The van der Waals surface area contributed by atoms with Gasteiger partial charge in [0, 0.05) is 18.6 Å². The standard InChI is InChI=1S/C17H33N3/c18-17-7-3-2-6-15(17)14-19-12-8-16(9-13-19)20-10-4-1-5-11-20/h15-17H,1-14,18H2. The first-order valence-corrected chi connectivity index (χ1v) is 9.05. The van der Waals surface area contributed by atoms with Crippen molar-refractivity contribution in [3.8, 4) is 0 Å². The van der Waals surface area contributed by atoms with Gasteiger partial charge < -0.3 is 15.5 Å². The first kappa shape index (κ1) is 14.8. The lowest BCUT2D eigenvalue weighted by atomic mass is 9.84. The van der Waals surface area contributed by atoms with Crippen molar-refractivity contribution in [1.82, 2.24) is 9.80 Å². The second-order valence-corrected chi connectivity index (χ2v) is 7.34. The number of rotatable bonds is 3. The molecule has 116 valence electrons. The first-order valence-electron chi connectivity index (χ1n) is 9.05. The smallest absolute Gasteiger partial charge is 0.0120 e. The summed E-state index contributed by atoms with van der Waals surface area (Å²) in [5.41, 5.74) is 6.31. The SMILES string of the molecule is NC1CCCCC1CN1CCC(N2CCCCC2)CC1. The molecule has 3 aliphatic rings. The van der Waals surface area contributed by atoms with Crippen LogP contribution in [-0.2, 0) is 0 Å². The van der Waals surface area contributed by atoms with Crippen LogP contribution in [0, 0.1) is 5.92 Å². The maximum Gasteiger partial charge on any atom is 0.0120 e. The molecule has 0 amide bonds. The fourth-order valence-corrected chi connectivity index (χ4v) is 4.55. The highest BCUT2D eigenvalue weighted by Crippen LogP contribution is 2.26. The van der Waals surface area contributed by atoms with Gasteiger partial charge in [0.15, 0.2) is 0 Å². The molecule has 20 heavy (non-hydrogen) atoms. The molecule has 2 aliphatic heterocycles. The van der Waals surface area contributed by atoms with Crippen molar-refractivity contribution in [2.24, 2.45) is 11.7 Å². The highest BCUT2D eigenvalue weighted by Gasteiger charge is 2.28. The number of hydrogen-bond acceptors (Lipinski definition) is 3. The molecule has 0 radical (unpaired) electrons. The molecule has 3 heteroatoms. The van der Waals surface area contributed by atoms with Gasteiger partial charge in [-0.25, -0.2) is 0 Å². The van der Waals surface area contributed by atoms with E-state index in [1.807, 2.05) is 0 Å². The highest BCUT2D eigenvalue weighted by molar-refractivity contribution is 4.85. The Morgan fingerprint density at radius 3 is 2.15 bits per heavy atom. The van der Waals surface area contributed by atoms with Crippen molar-refractivity contribution in [1.29, 1.82) is 0 Å². The zero-order chi connectivity index (χ0) is 13.8. The van der Waals surface area contributed by atoms with Crippen LogP contribution < -0.4 is 5.73 Å². The molecule has 0 bridgehead atoms. The van der Waals surface area contributed by atoms with Gasteiger partial charge in [0.2, 0.25) is 0 Å². The van der Waals surface area contributed by atoms with Gasteiger partial charge in [0.05, 0.1) is 0 Å². The Morgan fingerprint density at radius 1 is 0.750 bits per heavy atom. The van der Waals surface area contributed by atoms with Crippen LogP contribution in [0.3, 0.4) is 0 Å². The van der Waals surface area contributed by atoms with Crippen molar-refractivity contribution in [3.63, 3.8) is 0 Å². The fraction of sp³-hybridized carbons (Fsp3) is 1.00. The van der Waals surface area contributed by atoms with Crippen molar-refractivity contribution in [2.75, 3.05) is 32.7 Å². The summed E-state index contributed by atoms with van der Waals surface area (Å²) < 4.78 is 0. The van der Waals surface area contributed by atoms with Crippen LogP contribution in [0.4, 0.5) is 0 Å². The maximum atomic E-state index is 6.31. The van der Waals surface area contributed by atoms with Crippen LogP contribution in [0.5, 0.6) is 0 Å². The van der Waals surface area contributed by atoms with E-state index in [0.29, 0.717) is 6.04 Å². The van der Waals surface area contributed by atoms with E-state index in [-0.39, 0.29) is 0 Å². The van der Waals surface area contributed by atoms with Crippen molar-refractivity contribution >= 4 is 0 Å². The van der Waals surface area contributed by atoms with Gasteiger partial charge >= 0.3 is 0 Å². The summed E-state index contributed by atoms with van der Waals surface area (Å²) in [6, 6.07) is 1.36. The van der Waals surface area contributed by atoms with Crippen LogP contribution >= 0.6 is 0 Å². The molecule has 0 aromatic rings. The third kappa shape index (κ3) is 3.75. The monoisotopic (exact) mass is 279 g/mol. The Hall–Kier alpha value is -0.120. The zero-order valence-electron chi connectivity index (χ0n) is 13.1. The topological polar surface area (TPSA) is 32.5 Å². The first-order chi connectivity index (χ1) is 9.83. The van der Waals surface area contributed by atoms with Gasteiger partial charge in [-0.05, 0) is 70.6 Å². The normalized spacial score (nSPS) is 35.2. The third-order valence-electron chi connectivity index (χ3n) is 5.92. The number of nitrogens with zero attached hydrogens (tertiary/aromatic N) is 2. The van der Waals surface area contributed by atoms with Crippen LogP contribution in [0.1, 0.15) is 57.8 Å². The van der Waals surface area contributed by atoms with E-state index in [9.17, 15) is 0 Å². The maximum absolute atomic E-state index is 6.31. The van der Waals surface area contributed by atoms with E-state index in [4.69, 9.17) is 5.73 Å². The van der Waals surface area contributed by atoms with Crippen molar-refractivity contribution < 1.29 is 0 Å². The predicted molar refractivity (Wildman–Crippen MR) is 84.8 cm³/mol. The second kappa shape index (κ2) is 7.24. The van der Waals surface area contributed by atoms with Gasteiger partial charge in [0.1, 0.15) is 0 Å². The number of hydrogen-bond donors (Lipinski definition) is 1. The average Bonchev–Trinajstić information content (AvgIpc) is 2.51. The van der Waals surface area contributed by atoms with E-state index in [2.05, 4.69) is 9.80 Å². The molecule has 2 atom stereocenters. The molecule has 2 saturated heterocycles. The number of piperidine rings is 2. The summed E-state index contributed by atoms with van der Waals surface area (Å²) in [6.45, 7) is 6.61. The molecule has 2 heterocycles. The van der Waals surface area contributed by atoms with Crippen molar-refractivity contribution in [3.05, 3.63) is 0 Å². The molecule has 0 aromatic carbocycles. The molecule has 3 fully saturated rings. The van der Waals surface area contributed by atoms with Gasteiger partial charge in [-0.1, -0.05) is 19.3 Å². The third-order valence-corrected chi connectivity index (χ3v) is 5.92. The lowest BCUT2D eigenvalue weighted by molar-refractivity contribution is 0.0790. The Balaban J connectivity index is 1.41. The van der Waals surface area contributed by atoms with Gasteiger partial charge in [0.25, 0.3) is 0 Å². The summed E-state index contributed by atoms with van der Waals surface area (Å²) in [4.78, 5) is 5.48. The Morgan fingerprint density at radius 2 is 1.45 bits per heavy atom. The summed E-state index contributed by atoms with van der Waals surface area (Å²) in [5, 5.41) is 0. The lowest BCUT2D eigenvalue weighted by Gasteiger charge is -2.42. The Kier molecular flexibility index (Phi) is 5.36. The summed E-state index contributed by atoms with van der Waals surface area (Å²) in [5.74, 6) is 0.773. The molecule has 3 rings (SSSR count). The molecular weight excluding hydrogens is 246 g/mol. The molecule has 1 aliphatic carbocycles. The minimum atomic E-state index is 0.476. The molecule has 2 unspecified atom stereocenters.